The highest BCUT2D eigenvalue weighted by Gasteiger charge is 2.33. The fraction of sp³-hybridized carbons (Fsp3) is 0.435. The van der Waals surface area contributed by atoms with Crippen molar-refractivity contribution in [1.82, 2.24) is 9.62 Å². The van der Waals surface area contributed by atoms with Crippen molar-refractivity contribution in [2.45, 2.75) is 44.2 Å². The normalized spacial score (nSPS) is 17.2. The molecular formula is C23H29FN2O5S. The van der Waals surface area contributed by atoms with Gasteiger partial charge in [-0.2, -0.15) is 4.31 Å². The van der Waals surface area contributed by atoms with Gasteiger partial charge in [0.2, 0.25) is 15.9 Å². The van der Waals surface area contributed by atoms with E-state index in [0.29, 0.717) is 37.4 Å². The first-order valence-electron chi connectivity index (χ1n) is 10.6. The summed E-state index contributed by atoms with van der Waals surface area (Å²) in [5.41, 5.74) is 0.845. The lowest BCUT2D eigenvalue weighted by Crippen LogP contribution is -2.45. The molecule has 0 aromatic heterocycles. The monoisotopic (exact) mass is 464 g/mol. The van der Waals surface area contributed by atoms with Gasteiger partial charge in [-0.1, -0.05) is 6.07 Å². The van der Waals surface area contributed by atoms with Crippen LogP contribution in [0.25, 0.3) is 0 Å². The summed E-state index contributed by atoms with van der Waals surface area (Å²) in [5, 5.41) is 2.89. The summed E-state index contributed by atoms with van der Waals surface area (Å²) in [4.78, 5) is 12.8. The van der Waals surface area contributed by atoms with Gasteiger partial charge in [0.1, 0.15) is 5.82 Å². The Morgan fingerprint density at radius 1 is 1.19 bits per heavy atom. The number of carbonyl (C=O) groups is 1. The molecule has 7 nitrogen and oxygen atoms in total. The lowest BCUT2D eigenvalue weighted by atomic mass is 9.98. The maximum absolute atomic E-state index is 13.2. The van der Waals surface area contributed by atoms with Crippen LogP contribution in [0.1, 0.15) is 32.3 Å². The number of carbonyl (C=O) groups excluding carboxylic acids is 1. The van der Waals surface area contributed by atoms with E-state index < -0.39 is 21.8 Å². The van der Waals surface area contributed by atoms with Crippen LogP contribution in [0.5, 0.6) is 11.5 Å². The Labute approximate surface area is 188 Å². The van der Waals surface area contributed by atoms with E-state index in [2.05, 4.69) is 5.32 Å². The SMILES string of the molecule is COc1cc(CNC(=O)C2CCCN(S(=O)(=O)c3ccc(F)cc3)C2)ccc1OC(C)C. The van der Waals surface area contributed by atoms with Gasteiger partial charge in [-0.25, -0.2) is 12.8 Å². The molecule has 32 heavy (non-hydrogen) atoms. The van der Waals surface area contributed by atoms with Gasteiger partial charge in [-0.3, -0.25) is 4.79 Å². The summed E-state index contributed by atoms with van der Waals surface area (Å²) in [6.45, 7) is 4.57. The summed E-state index contributed by atoms with van der Waals surface area (Å²) >= 11 is 0. The van der Waals surface area contributed by atoms with E-state index >= 15 is 0 Å². The van der Waals surface area contributed by atoms with Crippen LogP contribution < -0.4 is 14.8 Å². The Hall–Kier alpha value is -2.65. The van der Waals surface area contributed by atoms with E-state index in [1.165, 1.54) is 16.4 Å². The Morgan fingerprint density at radius 2 is 1.91 bits per heavy atom. The average molecular weight is 465 g/mol. The number of ether oxygens (including phenoxy) is 2. The van der Waals surface area contributed by atoms with Crippen molar-refractivity contribution in [1.29, 1.82) is 0 Å². The molecule has 0 radical (unpaired) electrons. The first kappa shape index (κ1) is 24.0. The van der Waals surface area contributed by atoms with E-state index in [1.54, 1.807) is 13.2 Å². The maximum atomic E-state index is 13.2. The zero-order valence-electron chi connectivity index (χ0n) is 18.5. The highest BCUT2D eigenvalue weighted by molar-refractivity contribution is 7.89. The molecule has 0 aliphatic carbocycles. The van der Waals surface area contributed by atoms with E-state index in [1.807, 2.05) is 26.0 Å². The zero-order chi connectivity index (χ0) is 23.3. The van der Waals surface area contributed by atoms with Crippen LogP contribution in [0.2, 0.25) is 0 Å². The van der Waals surface area contributed by atoms with Crippen molar-refractivity contribution >= 4 is 15.9 Å². The average Bonchev–Trinajstić information content (AvgIpc) is 2.78. The number of hydrogen-bond acceptors (Lipinski definition) is 5. The molecule has 9 heteroatoms. The molecule has 3 rings (SSSR count). The van der Waals surface area contributed by atoms with Crippen molar-refractivity contribution in [2.75, 3.05) is 20.2 Å². The topological polar surface area (TPSA) is 84.9 Å². The summed E-state index contributed by atoms with van der Waals surface area (Å²) in [7, 11) is -2.22. The van der Waals surface area contributed by atoms with Crippen LogP contribution in [-0.2, 0) is 21.4 Å². The summed E-state index contributed by atoms with van der Waals surface area (Å²) < 4.78 is 51.3. The summed E-state index contributed by atoms with van der Waals surface area (Å²) in [6, 6.07) is 10.2. The lowest BCUT2D eigenvalue weighted by Gasteiger charge is -2.31. The molecule has 1 amide bonds. The number of benzene rings is 2. The van der Waals surface area contributed by atoms with Gasteiger partial charge < -0.3 is 14.8 Å². The van der Waals surface area contributed by atoms with Gasteiger partial charge in [0.05, 0.1) is 24.0 Å². The quantitative estimate of drug-likeness (QED) is 0.648. The van der Waals surface area contributed by atoms with Gasteiger partial charge in [0.15, 0.2) is 11.5 Å². The Bertz CT molecular complexity index is 1040. The minimum atomic E-state index is -3.78. The van der Waals surface area contributed by atoms with E-state index in [4.69, 9.17) is 9.47 Å². The third-order valence-corrected chi connectivity index (χ3v) is 7.14. The third kappa shape index (κ3) is 5.77. The Balaban J connectivity index is 1.62. The minimum Gasteiger partial charge on any atom is -0.493 e. The molecule has 1 unspecified atom stereocenters. The van der Waals surface area contributed by atoms with Crippen molar-refractivity contribution in [3.63, 3.8) is 0 Å². The van der Waals surface area contributed by atoms with Crippen LogP contribution >= 0.6 is 0 Å². The molecule has 1 N–H and O–H groups in total. The molecule has 0 bridgehead atoms. The second-order valence-corrected chi connectivity index (χ2v) is 9.96. The molecule has 1 atom stereocenters. The van der Waals surface area contributed by atoms with Crippen molar-refractivity contribution < 1.29 is 27.1 Å². The minimum absolute atomic E-state index is 0.00916. The lowest BCUT2D eigenvalue weighted by molar-refractivity contribution is -0.126. The van der Waals surface area contributed by atoms with Crippen LogP contribution in [-0.4, -0.2) is 44.9 Å². The van der Waals surface area contributed by atoms with Crippen LogP contribution in [0.4, 0.5) is 4.39 Å². The molecule has 0 spiro atoms. The second-order valence-electron chi connectivity index (χ2n) is 8.03. The Morgan fingerprint density at radius 3 is 2.56 bits per heavy atom. The molecule has 1 heterocycles. The standard InChI is InChI=1S/C23H29FN2O5S/c1-16(2)31-21-11-6-17(13-22(21)30-3)14-25-23(27)18-5-4-12-26(15-18)32(28,29)20-9-7-19(24)8-10-20/h6-11,13,16,18H,4-5,12,14-15H2,1-3H3,(H,25,27). The van der Waals surface area contributed by atoms with E-state index in [0.717, 1.165) is 17.7 Å². The fourth-order valence-electron chi connectivity index (χ4n) is 3.64. The molecule has 1 fully saturated rings. The van der Waals surface area contributed by atoms with Crippen molar-refractivity contribution in [3.8, 4) is 11.5 Å². The molecule has 1 aliphatic rings. The molecule has 174 valence electrons. The zero-order valence-corrected chi connectivity index (χ0v) is 19.3. The summed E-state index contributed by atoms with van der Waals surface area (Å²) in [5.74, 6) is 0.0568. The molecular weight excluding hydrogens is 435 g/mol. The van der Waals surface area contributed by atoms with Gasteiger partial charge in [0.25, 0.3) is 0 Å². The first-order chi connectivity index (χ1) is 15.2. The Kier molecular flexibility index (Phi) is 7.73. The highest BCUT2D eigenvalue weighted by atomic mass is 32.2. The molecule has 1 aliphatic heterocycles. The van der Waals surface area contributed by atoms with E-state index in [9.17, 15) is 17.6 Å². The summed E-state index contributed by atoms with van der Waals surface area (Å²) in [6.07, 6.45) is 1.19. The van der Waals surface area contributed by atoms with Crippen molar-refractivity contribution in [3.05, 3.63) is 53.8 Å². The maximum Gasteiger partial charge on any atom is 0.243 e. The number of amides is 1. The molecule has 1 saturated heterocycles. The highest BCUT2D eigenvalue weighted by Crippen LogP contribution is 2.29. The van der Waals surface area contributed by atoms with Crippen LogP contribution in [0.3, 0.4) is 0 Å². The number of nitrogens with zero attached hydrogens (tertiary/aromatic N) is 1. The number of halogens is 1. The largest absolute Gasteiger partial charge is 0.493 e. The van der Waals surface area contributed by atoms with Crippen LogP contribution in [0, 0.1) is 11.7 Å². The number of hydrogen-bond donors (Lipinski definition) is 1. The van der Waals surface area contributed by atoms with Crippen molar-refractivity contribution in [2.24, 2.45) is 5.92 Å². The number of methoxy groups -OCH3 is 1. The van der Waals surface area contributed by atoms with Gasteiger partial charge in [-0.15, -0.1) is 0 Å². The number of rotatable bonds is 8. The van der Waals surface area contributed by atoms with Gasteiger partial charge >= 0.3 is 0 Å². The number of sulfonamides is 1. The fourth-order valence-corrected chi connectivity index (χ4v) is 5.16. The number of nitrogens with one attached hydrogen (secondary N) is 1. The predicted molar refractivity (Wildman–Crippen MR) is 118 cm³/mol. The first-order valence-corrected chi connectivity index (χ1v) is 12.0. The predicted octanol–water partition coefficient (Wildman–Crippen LogP) is 3.34. The van der Waals surface area contributed by atoms with Crippen LogP contribution in [0.15, 0.2) is 47.4 Å². The molecule has 2 aromatic carbocycles. The van der Waals surface area contributed by atoms with E-state index in [-0.39, 0.29) is 23.5 Å². The smallest absolute Gasteiger partial charge is 0.243 e. The third-order valence-electron chi connectivity index (χ3n) is 5.26. The number of piperidine rings is 1. The molecule has 0 saturated carbocycles. The van der Waals surface area contributed by atoms with Gasteiger partial charge in [0, 0.05) is 19.6 Å². The second kappa shape index (κ2) is 10.3. The molecule has 2 aromatic rings. The van der Waals surface area contributed by atoms with Gasteiger partial charge in [-0.05, 0) is 68.7 Å².